The van der Waals surface area contributed by atoms with Crippen LogP contribution in [0, 0.1) is 23.2 Å². The second-order valence-corrected chi connectivity index (χ2v) is 8.57. The van der Waals surface area contributed by atoms with E-state index in [9.17, 15) is 0 Å². The maximum atomic E-state index is 3.81. The molecule has 5 rings (SSSR count). The molecule has 4 aliphatic carbocycles. The maximum absolute atomic E-state index is 3.81. The zero-order valence-electron chi connectivity index (χ0n) is 12.2. The Morgan fingerprint density at radius 1 is 1.10 bits per heavy atom. The smallest absolute Gasteiger partial charge is 0.0353 e. The Morgan fingerprint density at radius 2 is 1.70 bits per heavy atom. The van der Waals surface area contributed by atoms with E-state index in [1.165, 1.54) is 48.7 Å². The van der Waals surface area contributed by atoms with Crippen molar-refractivity contribution < 1.29 is 0 Å². The minimum absolute atomic E-state index is 0.580. The number of anilines is 1. The molecule has 0 aliphatic heterocycles. The van der Waals surface area contributed by atoms with Crippen LogP contribution in [-0.4, -0.2) is 6.04 Å². The normalized spacial score (nSPS) is 39.8. The molecule has 1 aromatic rings. The molecule has 4 fully saturated rings. The van der Waals surface area contributed by atoms with Crippen LogP contribution in [0.1, 0.15) is 45.4 Å². The fraction of sp³-hybridized carbons (Fsp3) is 0.667. The minimum Gasteiger partial charge on any atom is -0.382 e. The summed E-state index contributed by atoms with van der Waals surface area (Å²) in [6.07, 6.45) is 9.01. The maximum Gasteiger partial charge on any atom is 0.0353 e. The van der Waals surface area contributed by atoms with Crippen molar-refractivity contribution in [3.05, 3.63) is 28.7 Å². The van der Waals surface area contributed by atoms with Gasteiger partial charge in [0, 0.05) is 16.2 Å². The van der Waals surface area contributed by atoms with E-state index in [0.29, 0.717) is 11.5 Å². The quantitative estimate of drug-likeness (QED) is 0.773. The van der Waals surface area contributed by atoms with E-state index in [-0.39, 0.29) is 0 Å². The first-order chi connectivity index (χ1) is 9.63. The van der Waals surface area contributed by atoms with Gasteiger partial charge < -0.3 is 5.32 Å². The lowest BCUT2D eigenvalue weighted by Gasteiger charge is -2.59. The molecule has 4 aliphatic rings. The van der Waals surface area contributed by atoms with E-state index in [1.807, 2.05) is 0 Å². The van der Waals surface area contributed by atoms with E-state index in [4.69, 9.17) is 0 Å². The molecule has 1 nitrogen and oxygen atoms in total. The summed E-state index contributed by atoms with van der Waals surface area (Å²) in [7, 11) is 0. The van der Waals surface area contributed by atoms with Gasteiger partial charge in [0.25, 0.3) is 0 Å². The molecule has 0 spiro atoms. The van der Waals surface area contributed by atoms with Crippen LogP contribution < -0.4 is 5.32 Å². The molecule has 4 saturated carbocycles. The second-order valence-electron chi connectivity index (χ2n) is 7.66. The van der Waals surface area contributed by atoms with E-state index in [2.05, 4.69) is 52.4 Å². The summed E-state index contributed by atoms with van der Waals surface area (Å²) in [5.74, 6) is 3.11. The molecule has 20 heavy (non-hydrogen) atoms. The molecule has 0 aromatic heterocycles. The van der Waals surface area contributed by atoms with Crippen LogP contribution in [0.5, 0.6) is 0 Å². The summed E-state index contributed by atoms with van der Waals surface area (Å²) in [5, 5.41) is 3.81. The highest BCUT2D eigenvalue weighted by Gasteiger charge is 2.53. The van der Waals surface area contributed by atoms with E-state index in [1.54, 1.807) is 0 Å². The van der Waals surface area contributed by atoms with Gasteiger partial charge in [0.15, 0.2) is 0 Å². The van der Waals surface area contributed by atoms with Crippen LogP contribution in [0.2, 0.25) is 0 Å². The van der Waals surface area contributed by atoms with Crippen LogP contribution >= 0.6 is 15.9 Å². The Hall–Kier alpha value is -0.500. The molecule has 0 amide bonds. The predicted octanol–water partition coefficient (Wildman–Crippen LogP) is 5.47. The number of hydrogen-bond acceptors (Lipinski definition) is 1. The molecule has 2 heteroatoms. The van der Waals surface area contributed by atoms with Gasteiger partial charge in [-0.1, -0.05) is 22.0 Å². The molecular weight excluding hydrogens is 310 g/mol. The fourth-order valence-electron chi connectivity index (χ4n) is 5.69. The average molecular weight is 334 g/mol. The first kappa shape index (κ1) is 13.2. The molecule has 0 heterocycles. The van der Waals surface area contributed by atoms with Gasteiger partial charge in [0.05, 0.1) is 0 Å². The lowest BCUT2D eigenvalue weighted by molar-refractivity contribution is -0.0602. The van der Waals surface area contributed by atoms with Gasteiger partial charge >= 0.3 is 0 Å². The lowest BCUT2D eigenvalue weighted by Crippen LogP contribution is -2.52. The summed E-state index contributed by atoms with van der Waals surface area (Å²) >= 11 is 3.58. The average Bonchev–Trinajstić information content (AvgIpc) is 2.37. The highest BCUT2D eigenvalue weighted by Crippen LogP contribution is 2.61. The Balaban J connectivity index is 1.54. The third-order valence-electron chi connectivity index (χ3n) is 6.21. The number of halogens is 1. The van der Waals surface area contributed by atoms with E-state index < -0.39 is 0 Å². The summed E-state index contributed by atoms with van der Waals surface area (Å²) in [4.78, 5) is 0. The predicted molar refractivity (Wildman–Crippen MR) is 87.8 cm³/mol. The van der Waals surface area contributed by atoms with Gasteiger partial charge in [-0.3, -0.25) is 0 Å². The lowest BCUT2D eigenvalue weighted by atomic mass is 9.48. The van der Waals surface area contributed by atoms with Crippen LogP contribution in [-0.2, 0) is 0 Å². The zero-order valence-corrected chi connectivity index (χ0v) is 13.8. The molecule has 4 bridgehead atoms. The van der Waals surface area contributed by atoms with Crippen molar-refractivity contribution in [2.75, 3.05) is 5.32 Å². The van der Waals surface area contributed by atoms with Crippen molar-refractivity contribution in [2.45, 2.75) is 51.5 Å². The summed E-state index contributed by atoms with van der Waals surface area (Å²) in [5.41, 5.74) is 1.85. The van der Waals surface area contributed by atoms with Crippen LogP contribution in [0.3, 0.4) is 0 Å². The van der Waals surface area contributed by atoms with Gasteiger partial charge in [-0.25, -0.2) is 0 Å². The van der Waals surface area contributed by atoms with Gasteiger partial charge in [0.1, 0.15) is 0 Å². The largest absolute Gasteiger partial charge is 0.382 e. The molecule has 1 unspecified atom stereocenters. The summed E-state index contributed by atoms with van der Waals surface area (Å²) < 4.78 is 1.17. The third kappa shape index (κ3) is 2.20. The van der Waals surface area contributed by atoms with Crippen molar-refractivity contribution >= 4 is 21.6 Å². The summed E-state index contributed by atoms with van der Waals surface area (Å²) in [6.45, 7) is 2.42. The molecular formula is C18H24BrN. The zero-order chi connectivity index (χ0) is 13.7. The highest BCUT2D eigenvalue weighted by molar-refractivity contribution is 9.10. The van der Waals surface area contributed by atoms with Crippen molar-refractivity contribution in [2.24, 2.45) is 23.2 Å². The number of hydrogen-bond donors (Lipinski definition) is 1. The molecule has 1 aromatic carbocycles. The van der Waals surface area contributed by atoms with Gasteiger partial charge in [-0.15, -0.1) is 0 Å². The fourth-order valence-corrected chi connectivity index (χ4v) is 6.09. The van der Waals surface area contributed by atoms with Crippen LogP contribution in [0.25, 0.3) is 0 Å². The summed E-state index contributed by atoms with van der Waals surface area (Å²) in [6, 6.07) is 9.23. The standard InChI is InChI=1S/C18H24BrN/c1-12(20-17-4-2-3-16(19)8-17)18-9-13-5-14(10-18)7-15(6-13)11-18/h2-4,8,12-15,20H,5-7,9-11H2,1H3. The third-order valence-corrected chi connectivity index (χ3v) is 6.71. The Morgan fingerprint density at radius 3 is 2.25 bits per heavy atom. The van der Waals surface area contributed by atoms with Gasteiger partial charge in [0.2, 0.25) is 0 Å². The van der Waals surface area contributed by atoms with Crippen LogP contribution in [0.4, 0.5) is 5.69 Å². The topological polar surface area (TPSA) is 12.0 Å². The first-order valence-corrected chi connectivity index (χ1v) is 8.94. The monoisotopic (exact) mass is 333 g/mol. The SMILES string of the molecule is CC(Nc1cccc(Br)c1)C12CC3CC(CC(C3)C1)C2. The Kier molecular flexibility index (Phi) is 3.14. The molecule has 0 saturated heterocycles. The van der Waals surface area contributed by atoms with Gasteiger partial charge in [-0.2, -0.15) is 0 Å². The van der Waals surface area contributed by atoms with Gasteiger partial charge in [-0.05, 0) is 86.8 Å². The second kappa shape index (κ2) is 4.76. The van der Waals surface area contributed by atoms with Crippen molar-refractivity contribution in [3.8, 4) is 0 Å². The first-order valence-electron chi connectivity index (χ1n) is 8.15. The van der Waals surface area contributed by atoms with Crippen molar-refractivity contribution in [1.29, 1.82) is 0 Å². The van der Waals surface area contributed by atoms with E-state index >= 15 is 0 Å². The van der Waals surface area contributed by atoms with Crippen molar-refractivity contribution in [3.63, 3.8) is 0 Å². The van der Waals surface area contributed by atoms with E-state index in [0.717, 1.165) is 17.8 Å². The number of rotatable bonds is 3. The Bertz CT molecular complexity index is 475. The van der Waals surface area contributed by atoms with Crippen molar-refractivity contribution in [1.82, 2.24) is 0 Å². The minimum atomic E-state index is 0.580. The highest BCUT2D eigenvalue weighted by atomic mass is 79.9. The van der Waals surface area contributed by atoms with Crippen LogP contribution in [0.15, 0.2) is 28.7 Å². The molecule has 108 valence electrons. The number of benzene rings is 1. The molecule has 1 N–H and O–H groups in total. The number of nitrogens with one attached hydrogen (secondary N) is 1. The molecule has 1 atom stereocenters. The Labute approximate surface area is 130 Å². The molecule has 0 radical (unpaired) electrons.